The predicted octanol–water partition coefficient (Wildman–Crippen LogP) is 1.95. The summed E-state index contributed by atoms with van der Waals surface area (Å²) in [4.78, 5) is 11.2. The van der Waals surface area contributed by atoms with Gasteiger partial charge >= 0.3 is 0 Å². The molecule has 1 aliphatic heterocycles. The van der Waals surface area contributed by atoms with Crippen LogP contribution in [0.1, 0.15) is 40.5 Å². The molecule has 0 unspecified atom stereocenters. The van der Waals surface area contributed by atoms with Gasteiger partial charge in [0.05, 0.1) is 12.2 Å². The first-order valence-electron chi connectivity index (χ1n) is 5.86. The second-order valence-electron chi connectivity index (χ2n) is 5.33. The number of rotatable bonds is 6. The summed E-state index contributed by atoms with van der Waals surface area (Å²) in [6.07, 6.45) is 2.52. The van der Waals surface area contributed by atoms with Gasteiger partial charge in [-0.3, -0.25) is 4.79 Å². The van der Waals surface area contributed by atoms with Gasteiger partial charge in [0, 0.05) is 5.92 Å². The van der Waals surface area contributed by atoms with Gasteiger partial charge in [-0.1, -0.05) is 27.7 Å². The summed E-state index contributed by atoms with van der Waals surface area (Å²) in [5.41, 5.74) is 5.37. The van der Waals surface area contributed by atoms with Crippen molar-refractivity contribution in [2.75, 3.05) is 0 Å². The Kier molecular flexibility index (Phi) is 4.14. The average molecular weight is 213 g/mol. The standard InChI is InChI=1S/C12H23NO2/c1-7(2)5-10-11(15-10)6-9(8(3)4)12(13)14/h7-11H,5-6H2,1-4H3,(H2,13,14)/t9-,10-,11-/m0/s1. The van der Waals surface area contributed by atoms with E-state index in [0.29, 0.717) is 17.9 Å². The van der Waals surface area contributed by atoms with Gasteiger partial charge in [0.1, 0.15) is 0 Å². The van der Waals surface area contributed by atoms with Crippen LogP contribution in [0.3, 0.4) is 0 Å². The third-order valence-electron chi connectivity index (χ3n) is 3.05. The maximum atomic E-state index is 11.2. The van der Waals surface area contributed by atoms with E-state index in [2.05, 4.69) is 13.8 Å². The number of hydrogen-bond donors (Lipinski definition) is 1. The van der Waals surface area contributed by atoms with Crippen molar-refractivity contribution in [2.24, 2.45) is 23.5 Å². The second-order valence-corrected chi connectivity index (χ2v) is 5.33. The predicted molar refractivity (Wildman–Crippen MR) is 60.3 cm³/mol. The Morgan fingerprint density at radius 2 is 1.73 bits per heavy atom. The molecule has 0 spiro atoms. The highest BCUT2D eigenvalue weighted by molar-refractivity contribution is 5.76. The molecular formula is C12H23NO2. The normalized spacial score (nSPS) is 27.1. The van der Waals surface area contributed by atoms with Crippen LogP contribution in [0, 0.1) is 17.8 Å². The van der Waals surface area contributed by atoms with Crippen LogP contribution in [0.15, 0.2) is 0 Å². The lowest BCUT2D eigenvalue weighted by Gasteiger charge is -2.15. The van der Waals surface area contributed by atoms with Gasteiger partial charge in [-0.05, 0) is 24.7 Å². The van der Waals surface area contributed by atoms with Crippen molar-refractivity contribution in [3.05, 3.63) is 0 Å². The van der Waals surface area contributed by atoms with E-state index in [4.69, 9.17) is 10.5 Å². The molecule has 0 saturated carbocycles. The number of primary amides is 1. The summed E-state index contributed by atoms with van der Waals surface area (Å²) >= 11 is 0. The van der Waals surface area contributed by atoms with Crippen molar-refractivity contribution >= 4 is 5.91 Å². The Hall–Kier alpha value is -0.570. The Bertz CT molecular complexity index is 226. The van der Waals surface area contributed by atoms with Gasteiger partial charge in [0.25, 0.3) is 0 Å². The first kappa shape index (κ1) is 12.5. The molecule has 1 saturated heterocycles. The molecule has 0 aromatic carbocycles. The molecule has 1 amide bonds. The van der Waals surface area contributed by atoms with E-state index in [1.165, 1.54) is 0 Å². The highest BCUT2D eigenvalue weighted by Gasteiger charge is 2.41. The number of epoxide rings is 1. The van der Waals surface area contributed by atoms with Gasteiger partial charge in [-0.2, -0.15) is 0 Å². The Morgan fingerprint density at radius 1 is 1.20 bits per heavy atom. The molecule has 1 fully saturated rings. The Balaban J connectivity index is 2.33. The topological polar surface area (TPSA) is 55.6 Å². The fourth-order valence-corrected chi connectivity index (χ4v) is 2.03. The van der Waals surface area contributed by atoms with Gasteiger partial charge < -0.3 is 10.5 Å². The molecule has 2 N–H and O–H groups in total. The number of ether oxygens (including phenoxy) is 1. The molecule has 3 nitrogen and oxygen atoms in total. The maximum absolute atomic E-state index is 11.2. The highest BCUT2D eigenvalue weighted by atomic mass is 16.6. The fraction of sp³-hybridized carbons (Fsp3) is 0.917. The van der Waals surface area contributed by atoms with E-state index in [0.717, 1.165) is 12.8 Å². The molecule has 3 atom stereocenters. The van der Waals surface area contributed by atoms with Crippen molar-refractivity contribution in [2.45, 2.75) is 52.7 Å². The highest BCUT2D eigenvalue weighted by Crippen LogP contribution is 2.34. The summed E-state index contributed by atoms with van der Waals surface area (Å²) in [7, 11) is 0. The largest absolute Gasteiger partial charge is 0.370 e. The zero-order valence-corrected chi connectivity index (χ0v) is 10.2. The van der Waals surface area contributed by atoms with Gasteiger partial charge in [-0.25, -0.2) is 0 Å². The molecule has 1 heterocycles. The first-order valence-corrected chi connectivity index (χ1v) is 5.86. The lowest BCUT2D eigenvalue weighted by molar-refractivity contribution is -0.123. The van der Waals surface area contributed by atoms with Crippen LogP contribution in [0.5, 0.6) is 0 Å². The smallest absolute Gasteiger partial charge is 0.220 e. The zero-order valence-electron chi connectivity index (χ0n) is 10.2. The molecule has 0 radical (unpaired) electrons. The molecule has 0 bridgehead atoms. The molecule has 1 rings (SSSR count). The van der Waals surface area contributed by atoms with Crippen LogP contribution >= 0.6 is 0 Å². The monoisotopic (exact) mass is 213 g/mol. The molecular weight excluding hydrogens is 190 g/mol. The minimum absolute atomic E-state index is 0.0350. The second kappa shape index (κ2) is 4.97. The van der Waals surface area contributed by atoms with Gasteiger partial charge in [0.15, 0.2) is 0 Å². The fourth-order valence-electron chi connectivity index (χ4n) is 2.03. The number of nitrogens with two attached hydrogens (primary N) is 1. The summed E-state index contributed by atoms with van der Waals surface area (Å²) in [5.74, 6) is 0.744. The van der Waals surface area contributed by atoms with E-state index in [1.807, 2.05) is 13.8 Å². The van der Waals surface area contributed by atoms with Gasteiger partial charge in [0.2, 0.25) is 5.91 Å². The lowest BCUT2D eigenvalue weighted by atomic mass is 9.89. The molecule has 88 valence electrons. The Labute approximate surface area is 92.4 Å². The van der Waals surface area contributed by atoms with E-state index >= 15 is 0 Å². The van der Waals surface area contributed by atoms with E-state index < -0.39 is 0 Å². The van der Waals surface area contributed by atoms with Crippen molar-refractivity contribution in [3.63, 3.8) is 0 Å². The number of hydrogen-bond acceptors (Lipinski definition) is 2. The van der Waals surface area contributed by atoms with E-state index in [1.54, 1.807) is 0 Å². The van der Waals surface area contributed by atoms with Crippen LogP contribution in [0.2, 0.25) is 0 Å². The minimum Gasteiger partial charge on any atom is -0.370 e. The van der Waals surface area contributed by atoms with Crippen LogP contribution in [0.4, 0.5) is 0 Å². The van der Waals surface area contributed by atoms with Gasteiger partial charge in [-0.15, -0.1) is 0 Å². The SMILES string of the molecule is CC(C)C[C@@H]1O[C@H]1C[C@H](C(N)=O)C(C)C. The van der Waals surface area contributed by atoms with E-state index in [-0.39, 0.29) is 17.9 Å². The number of carbonyl (C=O) groups is 1. The van der Waals surface area contributed by atoms with Crippen LogP contribution in [0.25, 0.3) is 0 Å². The quantitative estimate of drug-likeness (QED) is 0.686. The summed E-state index contributed by atoms with van der Waals surface area (Å²) in [5, 5.41) is 0. The van der Waals surface area contributed by atoms with Crippen LogP contribution in [-0.2, 0) is 9.53 Å². The molecule has 0 aromatic rings. The van der Waals surface area contributed by atoms with Crippen LogP contribution < -0.4 is 5.73 Å². The molecule has 0 aromatic heterocycles. The van der Waals surface area contributed by atoms with E-state index in [9.17, 15) is 4.79 Å². The van der Waals surface area contributed by atoms with Crippen molar-refractivity contribution in [3.8, 4) is 0 Å². The number of carbonyl (C=O) groups excluding carboxylic acids is 1. The first-order chi connectivity index (χ1) is 6.91. The summed E-state index contributed by atoms with van der Waals surface area (Å²) in [6.45, 7) is 8.45. The molecule has 15 heavy (non-hydrogen) atoms. The minimum atomic E-state index is -0.191. The zero-order chi connectivity index (χ0) is 11.6. The third-order valence-corrected chi connectivity index (χ3v) is 3.05. The summed E-state index contributed by atoms with van der Waals surface area (Å²) < 4.78 is 5.55. The molecule has 0 aliphatic carbocycles. The van der Waals surface area contributed by atoms with Crippen molar-refractivity contribution in [1.29, 1.82) is 0 Å². The average Bonchev–Trinajstić information content (AvgIpc) is 2.76. The third kappa shape index (κ3) is 3.82. The summed E-state index contributed by atoms with van der Waals surface area (Å²) in [6, 6.07) is 0. The van der Waals surface area contributed by atoms with Crippen molar-refractivity contribution in [1.82, 2.24) is 0 Å². The van der Waals surface area contributed by atoms with Crippen LogP contribution in [-0.4, -0.2) is 18.1 Å². The molecule has 1 aliphatic rings. The number of amides is 1. The lowest BCUT2D eigenvalue weighted by Crippen LogP contribution is -2.29. The maximum Gasteiger partial charge on any atom is 0.220 e. The molecule has 3 heteroatoms. The Morgan fingerprint density at radius 3 is 2.13 bits per heavy atom. The van der Waals surface area contributed by atoms with Crippen molar-refractivity contribution < 1.29 is 9.53 Å².